The summed E-state index contributed by atoms with van der Waals surface area (Å²) in [4.78, 5) is 6.82. The van der Waals surface area contributed by atoms with Gasteiger partial charge in [-0.15, -0.1) is 0 Å². The van der Waals surface area contributed by atoms with Crippen LogP contribution in [0.1, 0.15) is 52.1 Å². The van der Waals surface area contributed by atoms with E-state index in [9.17, 15) is 5.11 Å². The van der Waals surface area contributed by atoms with Gasteiger partial charge in [-0.3, -0.25) is 4.90 Å². The minimum absolute atomic E-state index is 0.121. The van der Waals surface area contributed by atoms with Gasteiger partial charge in [-0.2, -0.15) is 0 Å². The molecule has 1 aliphatic rings. The molecular formula is C17H31N3O. The third-order valence-corrected chi connectivity index (χ3v) is 4.60. The van der Waals surface area contributed by atoms with Gasteiger partial charge in [0.1, 0.15) is 0 Å². The van der Waals surface area contributed by atoms with Crippen LogP contribution in [-0.2, 0) is 13.1 Å². The molecule has 4 nitrogen and oxygen atoms in total. The summed E-state index contributed by atoms with van der Waals surface area (Å²) < 4.78 is 2.28. The SMILES string of the molecule is CCC[C@@]1(CO)CCCN(Cc2cncn2CC(C)C)C1. The quantitative estimate of drug-likeness (QED) is 0.840. The van der Waals surface area contributed by atoms with Gasteiger partial charge in [0.25, 0.3) is 0 Å². The van der Waals surface area contributed by atoms with Crippen molar-refractivity contribution < 1.29 is 5.11 Å². The molecule has 0 spiro atoms. The molecule has 4 heteroatoms. The van der Waals surface area contributed by atoms with Crippen LogP contribution < -0.4 is 0 Å². The van der Waals surface area contributed by atoms with Crippen LogP contribution in [0.25, 0.3) is 0 Å². The van der Waals surface area contributed by atoms with E-state index < -0.39 is 0 Å². The lowest BCUT2D eigenvalue weighted by Gasteiger charge is -2.42. The number of likely N-dealkylation sites (tertiary alicyclic amines) is 1. The molecule has 1 saturated heterocycles. The lowest BCUT2D eigenvalue weighted by molar-refractivity contribution is 0.0207. The van der Waals surface area contributed by atoms with Crippen molar-refractivity contribution in [3.63, 3.8) is 0 Å². The predicted molar refractivity (Wildman–Crippen MR) is 86.0 cm³/mol. The van der Waals surface area contributed by atoms with Crippen molar-refractivity contribution in [3.8, 4) is 0 Å². The summed E-state index contributed by atoms with van der Waals surface area (Å²) in [6, 6.07) is 0. The van der Waals surface area contributed by atoms with Crippen LogP contribution in [0.15, 0.2) is 12.5 Å². The second kappa shape index (κ2) is 7.41. The third-order valence-electron chi connectivity index (χ3n) is 4.60. The molecule has 0 amide bonds. The third kappa shape index (κ3) is 4.30. The number of nitrogens with zero attached hydrogens (tertiary/aromatic N) is 3. The zero-order chi connectivity index (χ0) is 15.3. The molecule has 120 valence electrons. The van der Waals surface area contributed by atoms with Crippen molar-refractivity contribution in [1.82, 2.24) is 14.5 Å². The molecule has 1 aromatic heterocycles. The van der Waals surface area contributed by atoms with Gasteiger partial charge in [-0.25, -0.2) is 4.98 Å². The van der Waals surface area contributed by atoms with E-state index in [0.29, 0.717) is 12.5 Å². The van der Waals surface area contributed by atoms with E-state index >= 15 is 0 Å². The number of hydrogen-bond donors (Lipinski definition) is 1. The van der Waals surface area contributed by atoms with Crippen molar-refractivity contribution in [2.24, 2.45) is 11.3 Å². The van der Waals surface area contributed by atoms with E-state index in [0.717, 1.165) is 39.0 Å². The summed E-state index contributed by atoms with van der Waals surface area (Å²) in [5, 5.41) is 9.85. The molecule has 1 fully saturated rings. The monoisotopic (exact) mass is 293 g/mol. The molecule has 2 rings (SSSR count). The smallest absolute Gasteiger partial charge is 0.0948 e. The van der Waals surface area contributed by atoms with Crippen LogP contribution in [0.5, 0.6) is 0 Å². The van der Waals surface area contributed by atoms with E-state index in [2.05, 4.69) is 35.2 Å². The van der Waals surface area contributed by atoms with Crippen molar-refractivity contribution in [2.45, 2.75) is 59.5 Å². The summed E-state index contributed by atoms with van der Waals surface area (Å²) in [5.41, 5.74) is 1.42. The molecule has 0 aromatic carbocycles. The Hall–Kier alpha value is -0.870. The minimum atomic E-state index is 0.121. The van der Waals surface area contributed by atoms with Gasteiger partial charge >= 0.3 is 0 Å². The Balaban J connectivity index is 2.01. The van der Waals surface area contributed by atoms with Crippen LogP contribution in [-0.4, -0.2) is 39.3 Å². The number of rotatable bonds is 7. The molecule has 0 radical (unpaired) electrons. The van der Waals surface area contributed by atoms with Gasteiger partial charge in [0.2, 0.25) is 0 Å². The predicted octanol–water partition coefficient (Wildman–Crippen LogP) is 2.91. The van der Waals surface area contributed by atoms with Gasteiger partial charge in [0.15, 0.2) is 0 Å². The second-order valence-corrected chi connectivity index (χ2v) is 7.15. The first-order valence-electron chi connectivity index (χ1n) is 8.41. The fraction of sp³-hybridized carbons (Fsp3) is 0.824. The van der Waals surface area contributed by atoms with E-state index in [-0.39, 0.29) is 5.41 Å². The first-order valence-corrected chi connectivity index (χ1v) is 8.41. The van der Waals surface area contributed by atoms with Crippen LogP contribution >= 0.6 is 0 Å². The van der Waals surface area contributed by atoms with E-state index in [1.54, 1.807) is 0 Å². The fourth-order valence-electron chi connectivity index (χ4n) is 3.65. The Labute approximate surface area is 129 Å². The van der Waals surface area contributed by atoms with Crippen molar-refractivity contribution in [1.29, 1.82) is 0 Å². The summed E-state index contributed by atoms with van der Waals surface area (Å²) in [6.45, 7) is 11.2. The van der Waals surface area contributed by atoms with Gasteiger partial charge in [-0.05, 0) is 31.7 Å². The highest BCUT2D eigenvalue weighted by Gasteiger charge is 2.34. The average Bonchev–Trinajstić information content (AvgIpc) is 2.86. The first-order chi connectivity index (χ1) is 10.1. The molecule has 0 aliphatic carbocycles. The first kappa shape index (κ1) is 16.5. The second-order valence-electron chi connectivity index (χ2n) is 7.15. The molecule has 0 saturated carbocycles. The molecule has 1 atom stereocenters. The highest BCUT2D eigenvalue weighted by atomic mass is 16.3. The van der Waals surface area contributed by atoms with Crippen LogP contribution in [0.2, 0.25) is 0 Å². The Kier molecular flexibility index (Phi) is 5.82. The van der Waals surface area contributed by atoms with Crippen molar-refractivity contribution in [2.75, 3.05) is 19.7 Å². The number of aliphatic hydroxyl groups is 1. The number of imidazole rings is 1. The molecule has 2 heterocycles. The van der Waals surface area contributed by atoms with Crippen LogP contribution in [0, 0.1) is 11.3 Å². The van der Waals surface area contributed by atoms with E-state index in [1.165, 1.54) is 18.5 Å². The van der Waals surface area contributed by atoms with Crippen molar-refractivity contribution >= 4 is 0 Å². The Morgan fingerprint density at radius 2 is 2.24 bits per heavy atom. The van der Waals surface area contributed by atoms with Gasteiger partial charge in [0.05, 0.1) is 12.0 Å². The normalized spacial score (nSPS) is 23.9. The summed E-state index contributed by atoms with van der Waals surface area (Å²) in [5.74, 6) is 0.635. The number of hydrogen-bond acceptors (Lipinski definition) is 3. The average molecular weight is 293 g/mol. The van der Waals surface area contributed by atoms with Crippen molar-refractivity contribution in [3.05, 3.63) is 18.2 Å². The molecule has 1 aromatic rings. The maximum atomic E-state index is 9.85. The maximum Gasteiger partial charge on any atom is 0.0948 e. The number of aromatic nitrogens is 2. The van der Waals surface area contributed by atoms with E-state index in [1.807, 2.05) is 12.5 Å². The lowest BCUT2D eigenvalue weighted by atomic mass is 9.77. The highest BCUT2D eigenvalue weighted by Crippen LogP contribution is 2.34. The fourth-order valence-corrected chi connectivity index (χ4v) is 3.65. The van der Waals surface area contributed by atoms with Gasteiger partial charge < -0.3 is 9.67 Å². The molecule has 1 N–H and O–H groups in total. The maximum absolute atomic E-state index is 9.85. The summed E-state index contributed by atoms with van der Waals surface area (Å²) >= 11 is 0. The Morgan fingerprint density at radius 3 is 2.90 bits per heavy atom. The Bertz CT molecular complexity index is 425. The number of piperidine rings is 1. The summed E-state index contributed by atoms with van der Waals surface area (Å²) in [6.07, 6.45) is 8.59. The largest absolute Gasteiger partial charge is 0.396 e. The minimum Gasteiger partial charge on any atom is -0.396 e. The van der Waals surface area contributed by atoms with Gasteiger partial charge in [0, 0.05) is 37.9 Å². The zero-order valence-electron chi connectivity index (χ0n) is 13.9. The topological polar surface area (TPSA) is 41.3 Å². The zero-order valence-corrected chi connectivity index (χ0v) is 13.9. The number of aliphatic hydroxyl groups excluding tert-OH is 1. The standard InChI is InChI=1S/C17H31N3O/c1-4-6-17(13-21)7-5-8-19(12-17)11-16-9-18-14-20(16)10-15(2)3/h9,14-15,21H,4-8,10-13H2,1-3H3/t17-/m1/s1. The van der Waals surface area contributed by atoms with E-state index in [4.69, 9.17) is 0 Å². The molecule has 21 heavy (non-hydrogen) atoms. The molecule has 0 unspecified atom stereocenters. The van der Waals surface area contributed by atoms with Crippen LogP contribution in [0.4, 0.5) is 0 Å². The summed E-state index contributed by atoms with van der Waals surface area (Å²) in [7, 11) is 0. The molecule has 1 aliphatic heterocycles. The highest BCUT2D eigenvalue weighted by molar-refractivity contribution is 5.00. The lowest BCUT2D eigenvalue weighted by Crippen LogP contribution is -2.45. The molecular weight excluding hydrogens is 262 g/mol. The van der Waals surface area contributed by atoms with Crippen LogP contribution in [0.3, 0.4) is 0 Å². The Morgan fingerprint density at radius 1 is 1.43 bits per heavy atom. The molecule has 0 bridgehead atoms. The van der Waals surface area contributed by atoms with Gasteiger partial charge in [-0.1, -0.05) is 27.2 Å².